The predicted octanol–water partition coefficient (Wildman–Crippen LogP) is 1.64. The van der Waals surface area contributed by atoms with Crippen LogP contribution in [0.25, 0.3) is 10.8 Å². The van der Waals surface area contributed by atoms with Gasteiger partial charge in [0, 0.05) is 18.0 Å². The summed E-state index contributed by atoms with van der Waals surface area (Å²) in [4.78, 5) is 25.1. The minimum atomic E-state index is -0.469. The largest absolute Gasteiger partial charge is 0.369 e. The predicted molar refractivity (Wildman–Crippen MR) is 96.1 cm³/mol. The van der Waals surface area contributed by atoms with Crippen molar-refractivity contribution in [2.75, 3.05) is 4.90 Å². The van der Waals surface area contributed by atoms with Crippen molar-refractivity contribution in [2.24, 2.45) is 21.5 Å². The Bertz CT molecular complexity index is 907. The second kappa shape index (κ2) is 5.36. The molecule has 1 aliphatic heterocycles. The SMILES string of the molecule is NC1=NC2(CCCCC2)N(c2ccc3c[nH]c(=O)cc3c2)C(N)=N1. The average Bonchev–Trinajstić information content (AvgIpc) is 2.54. The van der Waals surface area contributed by atoms with Crippen molar-refractivity contribution < 1.29 is 0 Å². The minimum Gasteiger partial charge on any atom is -0.369 e. The van der Waals surface area contributed by atoms with Crippen LogP contribution < -0.4 is 21.9 Å². The molecule has 1 saturated carbocycles. The van der Waals surface area contributed by atoms with Crippen LogP contribution in [0.4, 0.5) is 5.69 Å². The number of rotatable bonds is 1. The van der Waals surface area contributed by atoms with Crippen LogP contribution in [0.3, 0.4) is 0 Å². The van der Waals surface area contributed by atoms with Gasteiger partial charge in [-0.2, -0.15) is 4.99 Å². The summed E-state index contributed by atoms with van der Waals surface area (Å²) >= 11 is 0. The number of aromatic amines is 1. The van der Waals surface area contributed by atoms with Crippen molar-refractivity contribution in [3.63, 3.8) is 0 Å². The van der Waals surface area contributed by atoms with E-state index in [1.165, 1.54) is 6.42 Å². The van der Waals surface area contributed by atoms with Gasteiger partial charge in [0.15, 0.2) is 0 Å². The van der Waals surface area contributed by atoms with E-state index in [4.69, 9.17) is 11.5 Å². The molecule has 0 bridgehead atoms. The number of nitrogens with one attached hydrogen (secondary N) is 1. The molecule has 24 heavy (non-hydrogen) atoms. The summed E-state index contributed by atoms with van der Waals surface area (Å²) in [6.07, 6.45) is 6.83. The molecule has 0 amide bonds. The number of hydrogen-bond donors (Lipinski definition) is 3. The Morgan fingerprint density at radius 3 is 2.67 bits per heavy atom. The maximum absolute atomic E-state index is 11.6. The molecule has 0 atom stereocenters. The lowest BCUT2D eigenvalue weighted by atomic mass is 9.87. The summed E-state index contributed by atoms with van der Waals surface area (Å²) in [6.45, 7) is 0. The summed E-state index contributed by atoms with van der Waals surface area (Å²) < 4.78 is 0. The molecule has 1 spiro atoms. The molecule has 7 nitrogen and oxygen atoms in total. The van der Waals surface area contributed by atoms with Crippen LogP contribution in [-0.2, 0) is 0 Å². The lowest BCUT2D eigenvalue weighted by Crippen LogP contribution is -2.58. The number of aliphatic imine (C=N–C) groups is 2. The molecule has 5 N–H and O–H groups in total. The molecule has 2 heterocycles. The first kappa shape index (κ1) is 14.7. The van der Waals surface area contributed by atoms with E-state index in [0.717, 1.165) is 42.1 Å². The first-order valence-electron chi connectivity index (χ1n) is 8.20. The summed E-state index contributed by atoms with van der Waals surface area (Å²) in [5, 5.41) is 1.82. The first-order chi connectivity index (χ1) is 11.6. The number of nitrogens with zero attached hydrogens (tertiary/aromatic N) is 3. The van der Waals surface area contributed by atoms with Crippen molar-refractivity contribution in [1.82, 2.24) is 4.98 Å². The Morgan fingerprint density at radius 2 is 1.88 bits per heavy atom. The van der Waals surface area contributed by atoms with Gasteiger partial charge in [-0.25, -0.2) is 4.99 Å². The summed E-state index contributed by atoms with van der Waals surface area (Å²) in [6, 6.07) is 7.49. The van der Waals surface area contributed by atoms with Gasteiger partial charge in [-0.05, 0) is 48.6 Å². The number of fused-ring (bicyclic) bond motifs is 1. The van der Waals surface area contributed by atoms with E-state index >= 15 is 0 Å². The number of benzene rings is 1. The van der Waals surface area contributed by atoms with Gasteiger partial charge in [0.1, 0.15) is 5.66 Å². The van der Waals surface area contributed by atoms with Crippen molar-refractivity contribution >= 4 is 28.4 Å². The van der Waals surface area contributed by atoms with Crippen LogP contribution in [0.1, 0.15) is 32.1 Å². The van der Waals surface area contributed by atoms with Crippen molar-refractivity contribution in [2.45, 2.75) is 37.8 Å². The topological polar surface area (TPSA) is 113 Å². The molecule has 4 rings (SSSR count). The van der Waals surface area contributed by atoms with E-state index in [1.807, 2.05) is 23.1 Å². The van der Waals surface area contributed by atoms with Gasteiger partial charge < -0.3 is 16.5 Å². The molecule has 2 aliphatic rings. The highest BCUT2D eigenvalue weighted by molar-refractivity contribution is 6.06. The molecular formula is C17H20N6O. The molecule has 1 aliphatic carbocycles. The maximum atomic E-state index is 11.6. The summed E-state index contributed by atoms with van der Waals surface area (Å²) in [5.74, 6) is 0.594. The molecule has 2 aromatic rings. The Labute approximate surface area is 139 Å². The highest BCUT2D eigenvalue weighted by atomic mass is 16.1. The van der Waals surface area contributed by atoms with Crippen LogP contribution in [0.2, 0.25) is 0 Å². The highest BCUT2D eigenvalue weighted by Gasteiger charge is 2.42. The Hall–Kier alpha value is -2.83. The normalized spacial score (nSPS) is 20.1. The second-order valence-corrected chi connectivity index (χ2v) is 6.43. The van der Waals surface area contributed by atoms with Crippen LogP contribution in [0, 0.1) is 0 Å². The molecule has 0 radical (unpaired) electrons. The smallest absolute Gasteiger partial charge is 0.248 e. The van der Waals surface area contributed by atoms with Gasteiger partial charge in [0.2, 0.25) is 17.5 Å². The second-order valence-electron chi connectivity index (χ2n) is 6.43. The zero-order valence-electron chi connectivity index (χ0n) is 13.3. The molecular weight excluding hydrogens is 304 g/mol. The lowest BCUT2D eigenvalue weighted by molar-refractivity contribution is 0.305. The van der Waals surface area contributed by atoms with Crippen molar-refractivity contribution in [3.05, 3.63) is 40.8 Å². The molecule has 124 valence electrons. The maximum Gasteiger partial charge on any atom is 0.248 e. The zero-order chi connectivity index (χ0) is 16.7. The van der Waals surface area contributed by atoms with Crippen LogP contribution in [-0.4, -0.2) is 22.6 Å². The van der Waals surface area contributed by atoms with Crippen molar-refractivity contribution in [1.29, 1.82) is 0 Å². The fourth-order valence-corrected chi connectivity index (χ4v) is 3.78. The van der Waals surface area contributed by atoms with Gasteiger partial charge in [-0.15, -0.1) is 0 Å². The van der Waals surface area contributed by atoms with E-state index in [-0.39, 0.29) is 11.5 Å². The Morgan fingerprint density at radius 1 is 1.08 bits per heavy atom. The van der Waals surface area contributed by atoms with Gasteiger partial charge in [0.25, 0.3) is 0 Å². The van der Waals surface area contributed by atoms with Crippen LogP contribution >= 0.6 is 0 Å². The minimum absolute atomic E-state index is 0.130. The van der Waals surface area contributed by atoms with E-state index in [2.05, 4.69) is 15.0 Å². The number of nitrogens with two attached hydrogens (primary N) is 2. The summed E-state index contributed by atoms with van der Waals surface area (Å²) in [7, 11) is 0. The monoisotopic (exact) mass is 324 g/mol. The Balaban J connectivity index is 1.86. The third kappa shape index (κ3) is 2.33. The number of aromatic nitrogens is 1. The Kier molecular flexibility index (Phi) is 3.30. The van der Waals surface area contributed by atoms with Gasteiger partial charge >= 0.3 is 0 Å². The molecule has 1 aromatic heterocycles. The standard InChI is InChI=1S/C17H20N6O/c18-15-21-16(19)23(17(22-15)6-2-1-3-7-17)13-5-4-11-10-20-14(24)9-12(11)8-13/h4-5,8-10H,1-3,6-7H2,(H,20,24)(H4,18,19,21,22). The highest BCUT2D eigenvalue weighted by Crippen LogP contribution is 2.39. The third-order valence-corrected chi connectivity index (χ3v) is 4.84. The third-order valence-electron chi connectivity index (χ3n) is 4.84. The number of anilines is 1. The molecule has 7 heteroatoms. The van der Waals surface area contributed by atoms with Gasteiger partial charge in [0.05, 0.1) is 0 Å². The molecule has 0 saturated heterocycles. The fourth-order valence-electron chi connectivity index (χ4n) is 3.78. The average molecular weight is 324 g/mol. The first-order valence-corrected chi connectivity index (χ1v) is 8.20. The number of hydrogen-bond acceptors (Lipinski definition) is 6. The zero-order valence-corrected chi connectivity index (χ0v) is 13.3. The molecule has 0 unspecified atom stereocenters. The van der Waals surface area contributed by atoms with Crippen molar-refractivity contribution in [3.8, 4) is 0 Å². The number of guanidine groups is 2. The van der Waals surface area contributed by atoms with E-state index in [0.29, 0.717) is 5.96 Å². The number of H-pyrrole nitrogens is 1. The van der Waals surface area contributed by atoms with Crippen LogP contribution in [0.15, 0.2) is 45.2 Å². The van der Waals surface area contributed by atoms with Gasteiger partial charge in [-0.3, -0.25) is 9.69 Å². The van der Waals surface area contributed by atoms with Gasteiger partial charge in [-0.1, -0.05) is 12.5 Å². The van der Waals surface area contributed by atoms with E-state index < -0.39 is 5.66 Å². The van der Waals surface area contributed by atoms with Crippen LogP contribution in [0.5, 0.6) is 0 Å². The summed E-state index contributed by atoms with van der Waals surface area (Å²) in [5.41, 5.74) is 12.4. The molecule has 1 fully saturated rings. The fraction of sp³-hybridized carbons (Fsp3) is 0.353. The van der Waals surface area contributed by atoms with E-state index in [1.54, 1.807) is 12.3 Å². The van der Waals surface area contributed by atoms with E-state index in [9.17, 15) is 4.79 Å². The lowest BCUT2D eigenvalue weighted by Gasteiger charge is -2.45. The quantitative estimate of drug-likeness (QED) is 0.740. The molecule has 1 aromatic carbocycles. The number of pyridine rings is 1.